The van der Waals surface area contributed by atoms with E-state index in [2.05, 4.69) is 4.74 Å². The molecule has 0 aromatic rings. The van der Waals surface area contributed by atoms with Gasteiger partial charge >= 0.3 is 5.97 Å². The number of hydrogen-bond acceptors (Lipinski definition) is 9. The zero-order chi connectivity index (χ0) is 13.9. The highest BCUT2D eigenvalue weighted by Gasteiger charge is 2.45. The molecular weight excluding hydrogens is 252 g/mol. The van der Waals surface area contributed by atoms with Gasteiger partial charge in [-0.05, 0) is 0 Å². The molecule has 9 nitrogen and oxygen atoms in total. The van der Waals surface area contributed by atoms with Crippen molar-refractivity contribution in [2.45, 2.75) is 36.8 Å². The summed E-state index contributed by atoms with van der Waals surface area (Å²) in [6.07, 6.45) is -9.67. The van der Waals surface area contributed by atoms with Crippen molar-refractivity contribution in [1.29, 1.82) is 0 Å². The van der Waals surface area contributed by atoms with Gasteiger partial charge in [-0.25, -0.2) is 4.79 Å². The smallest absolute Gasteiger partial charge is 0.339 e. The first-order valence-corrected chi connectivity index (χ1v) is 5.22. The Balaban J connectivity index is 2.67. The highest BCUT2D eigenvalue weighted by Crippen LogP contribution is 2.22. The van der Waals surface area contributed by atoms with E-state index >= 15 is 0 Å². The van der Waals surface area contributed by atoms with Crippen molar-refractivity contribution >= 4 is 5.97 Å². The monoisotopic (exact) mass is 268 g/mol. The minimum Gasteiger partial charge on any atom is -0.431 e. The van der Waals surface area contributed by atoms with Gasteiger partial charge in [0.05, 0.1) is 13.2 Å². The first-order chi connectivity index (χ1) is 8.42. The molecule has 18 heavy (non-hydrogen) atoms. The molecule has 0 unspecified atom stereocenters. The fraction of sp³-hybridized carbons (Fsp3) is 0.889. The van der Waals surface area contributed by atoms with Crippen LogP contribution < -0.4 is 0 Å². The highest BCUT2D eigenvalue weighted by atomic mass is 16.7. The topological polar surface area (TPSA) is 157 Å². The number of hydrogen-bond donors (Lipinski definition) is 6. The summed E-state index contributed by atoms with van der Waals surface area (Å²) in [7, 11) is 0. The van der Waals surface area contributed by atoms with Gasteiger partial charge in [0.15, 0.2) is 6.10 Å². The zero-order valence-electron chi connectivity index (χ0n) is 9.29. The molecule has 1 saturated heterocycles. The molecule has 1 fully saturated rings. The van der Waals surface area contributed by atoms with E-state index in [9.17, 15) is 20.1 Å². The van der Waals surface area contributed by atoms with Crippen molar-refractivity contribution in [1.82, 2.24) is 0 Å². The molecule has 1 aliphatic heterocycles. The lowest BCUT2D eigenvalue weighted by atomic mass is 9.99. The summed E-state index contributed by atoms with van der Waals surface area (Å²) < 4.78 is 9.35. The van der Waals surface area contributed by atoms with Gasteiger partial charge < -0.3 is 40.1 Å². The molecule has 9 heteroatoms. The first kappa shape index (κ1) is 15.2. The second kappa shape index (κ2) is 6.38. The number of rotatable bonds is 4. The lowest BCUT2D eigenvalue weighted by Gasteiger charge is -2.39. The molecule has 1 heterocycles. The number of esters is 1. The maximum atomic E-state index is 11.1. The standard InChI is InChI=1S/C9H16O9/c10-1-3(12)8(16)18-9-7(15)6(14)5(13)4(2-11)17-9/h3-7,9-15H,1-2H2/t3-,4+,5+,6-,7-,9-/m0/s1. The second-order valence-electron chi connectivity index (χ2n) is 3.83. The number of carbonyl (C=O) groups is 1. The van der Waals surface area contributed by atoms with E-state index in [4.69, 9.17) is 20.1 Å². The van der Waals surface area contributed by atoms with Gasteiger partial charge in [0, 0.05) is 0 Å². The van der Waals surface area contributed by atoms with Gasteiger partial charge in [0.2, 0.25) is 6.29 Å². The summed E-state index contributed by atoms with van der Waals surface area (Å²) in [4.78, 5) is 11.1. The van der Waals surface area contributed by atoms with Crippen LogP contribution in [0.5, 0.6) is 0 Å². The second-order valence-corrected chi connectivity index (χ2v) is 3.83. The Morgan fingerprint density at radius 1 is 1.17 bits per heavy atom. The fourth-order valence-corrected chi connectivity index (χ4v) is 1.43. The predicted molar refractivity (Wildman–Crippen MR) is 53.0 cm³/mol. The highest BCUT2D eigenvalue weighted by molar-refractivity contribution is 5.74. The van der Waals surface area contributed by atoms with Crippen LogP contribution in [0.1, 0.15) is 0 Å². The summed E-state index contributed by atoms with van der Waals surface area (Å²) in [6, 6.07) is 0. The van der Waals surface area contributed by atoms with E-state index in [-0.39, 0.29) is 0 Å². The van der Waals surface area contributed by atoms with Gasteiger partial charge in [0.25, 0.3) is 0 Å². The molecule has 0 aromatic heterocycles. The summed E-state index contributed by atoms with van der Waals surface area (Å²) >= 11 is 0. The lowest BCUT2D eigenvalue weighted by Crippen LogP contribution is -2.59. The zero-order valence-corrected chi connectivity index (χ0v) is 9.29. The third-order valence-electron chi connectivity index (χ3n) is 2.53. The lowest BCUT2D eigenvalue weighted by molar-refractivity contribution is -0.294. The van der Waals surface area contributed by atoms with E-state index in [1.807, 2.05) is 0 Å². The molecule has 0 saturated carbocycles. The van der Waals surface area contributed by atoms with Crippen LogP contribution in [0.15, 0.2) is 0 Å². The molecule has 0 radical (unpaired) electrons. The van der Waals surface area contributed by atoms with Crippen molar-refractivity contribution in [2.24, 2.45) is 0 Å². The largest absolute Gasteiger partial charge is 0.431 e. The summed E-state index contributed by atoms with van der Waals surface area (Å²) in [5.41, 5.74) is 0. The predicted octanol–water partition coefficient (Wildman–Crippen LogP) is -4.32. The number of ether oxygens (including phenoxy) is 2. The Kier molecular flexibility index (Phi) is 5.41. The van der Waals surface area contributed by atoms with E-state index < -0.39 is 56.0 Å². The van der Waals surface area contributed by atoms with E-state index in [0.29, 0.717) is 0 Å². The molecule has 0 aliphatic carbocycles. The maximum Gasteiger partial charge on any atom is 0.339 e. The third-order valence-corrected chi connectivity index (χ3v) is 2.53. The third kappa shape index (κ3) is 3.14. The average molecular weight is 268 g/mol. The molecule has 6 N–H and O–H groups in total. The first-order valence-electron chi connectivity index (χ1n) is 5.22. The van der Waals surface area contributed by atoms with Crippen LogP contribution >= 0.6 is 0 Å². The van der Waals surface area contributed by atoms with Crippen LogP contribution in [0.2, 0.25) is 0 Å². The number of carbonyl (C=O) groups excluding carboxylic acids is 1. The Morgan fingerprint density at radius 3 is 2.28 bits per heavy atom. The van der Waals surface area contributed by atoms with E-state index in [1.165, 1.54) is 0 Å². The van der Waals surface area contributed by atoms with Crippen LogP contribution in [-0.2, 0) is 14.3 Å². The average Bonchev–Trinajstić information content (AvgIpc) is 2.38. The Bertz CT molecular complexity index is 281. The van der Waals surface area contributed by atoms with Gasteiger partial charge in [0.1, 0.15) is 24.4 Å². The summed E-state index contributed by atoms with van der Waals surface area (Å²) in [6.45, 7) is -1.54. The number of aliphatic hydroxyl groups excluding tert-OH is 6. The SMILES string of the molecule is O=C(O[C@@H]1O[C@H](CO)[C@@H](O)[C@H](O)[C@@H]1O)[C@@H](O)CO. The molecule has 0 aromatic carbocycles. The Hall–Kier alpha value is -0.810. The summed E-state index contributed by atoms with van der Waals surface area (Å²) in [5.74, 6) is -1.26. The van der Waals surface area contributed by atoms with Gasteiger partial charge in [-0.15, -0.1) is 0 Å². The van der Waals surface area contributed by atoms with Crippen molar-refractivity contribution in [2.75, 3.05) is 13.2 Å². The van der Waals surface area contributed by atoms with E-state index in [1.54, 1.807) is 0 Å². The van der Waals surface area contributed by atoms with E-state index in [0.717, 1.165) is 0 Å². The number of aliphatic hydroxyl groups is 6. The van der Waals surface area contributed by atoms with Crippen LogP contribution in [-0.4, -0.2) is 86.6 Å². The van der Waals surface area contributed by atoms with Crippen molar-refractivity contribution in [3.05, 3.63) is 0 Å². The molecule has 0 spiro atoms. The molecular formula is C9H16O9. The van der Waals surface area contributed by atoms with Crippen LogP contribution in [0, 0.1) is 0 Å². The quantitative estimate of drug-likeness (QED) is 0.277. The van der Waals surface area contributed by atoms with Crippen LogP contribution in [0.25, 0.3) is 0 Å². The molecule has 6 atom stereocenters. The van der Waals surface area contributed by atoms with Gasteiger partial charge in [-0.1, -0.05) is 0 Å². The minimum atomic E-state index is -1.81. The van der Waals surface area contributed by atoms with Crippen LogP contribution in [0.4, 0.5) is 0 Å². The molecule has 106 valence electrons. The molecule has 1 rings (SSSR count). The molecule has 0 bridgehead atoms. The summed E-state index contributed by atoms with van der Waals surface area (Å²) in [5, 5.41) is 54.6. The van der Waals surface area contributed by atoms with Crippen molar-refractivity contribution in [3.63, 3.8) is 0 Å². The van der Waals surface area contributed by atoms with Gasteiger partial charge in [-0.2, -0.15) is 0 Å². The van der Waals surface area contributed by atoms with Crippen LogP contribution in [0.3, 0.4) is 0 Å². The molecule has 0 amide bonds. The van der Waals surface area contributed by atoms with Crippen molar-refractivity contribution in [3.8, 4) is 0 Å². The van der Waals surface area contributed by atoms with Gasteiger partial charge in [-0.3, -0.25) is 0 Å². The normalized spacial score (nSPS) is 38.2. The molecule has 1 aliphatic rings. The Morgan fingerprint density at radius 2 is 1.78 bits per heavy atom. The van der Waals surface area contributed by atoms with Crippen molar-refractivity contribution < 1.29 is 44.9 Å². The Labute approximate surface area is 102 Å². The maximum absolute atomic E-state index is 11.1. The fourth-order valence-electron chi connectivity index (χ4n) is 1.43. The minimum absolute atomic E-state index is 0.665.